The Morgan fingerprint density at radius 2 is 1.89 bits per heavy atom. The van der Waals surface area contributed by atoms with E-state index in [0.717, 1.165) is 10.0 Å². The number of carbonyl (C=O) groups is 1. The largest absolute Gasteiger partial charge is 0.365 e. The van der Waals surface area contributed by atoms with Gasteiger partial charge in [-0.2, -0.15) is 0 Å². The fourth-order valence-corrected chi connectivity index (χ4v) is 1.77. The van der Waals surface area contributed by atoms with E-state index < -0.39 is 5.97 Å². The van der Waals surface area contributed by atoms with Crippen LogP contribution in [0.1, 0.15) is 15.9 Å². The third-order valence-electron chi connectivity index (χ3n) is 2.20. The summed E-state index contributed by atoms with van der Waals surface area (Å²) in [5.41, 5.74) is 1.33. The zero-order chi connectivity index (χ0) is 12.8. The first kappa shape index (κ1) is 12.5. The average molecular weight is 304 g/mol. The average Bonchev–Trinajstić information content (AvgIpc) is 2.40. The molecule has 0 N–H and O–H groups in total. The Bertz CT molecular complexity index is 567. The van der Waals surface area contributed by atoms with Crippen LogP contribution in [0.15, 0.2) is 64.2 Å². The molecule has 2 aromatic rings. The van der Waals surface area contributed by atoms with Gasteiger partial charge in [0.15, 0.2) is 0 Å². The topological polar surface area (TPSA) is 38.7 Å². The Balaban J connectivity index is 1.98. The minimum Gasteiger partial charge on any atom is -0.313 e. The van der Waals surface area contributed by atoms with Crippen molar-refractivity contribution >= 4 is 28.1 Å². The summed E-state index contributed by atoms with van der Waals surface area (Å²) in [6, 6.07) is 16.3. The molecular weight excluding hydrogens is 294 g/mol. The van der Waals surface area contributed by atoms with Crippen molar-refractivity contribution in [1.29, 1.82) is 0 Å². The van der Waals surface area contributed by atoms with Gasteiger partial charge in [0.05, 0.1) is 11.8 Å². The highest BCUT2D eigenvalue weighted by molar-refractivity contribution is 9.10. The SMILES string of the molecule is O=C(ON=Cc1cccc(Br)c1)c1ccccc1. The summed E-state index contributed by atoms with van der Waals surface area (Å²) in [5.74, 6) is -0.471. The van der Waals surface area contributed by atoms with Crippen molar-refractivity contribution in [1.82, 2.24) is 0 Å². The Kier molecular flexibility index (Phi) is 4.25. The van der Waals surface area contributed by atoms with Gasteiger partial charge in [0.2, 0.25) is 0 Å². The molecule has 0 saturated carbocycles. The van der Waals surface area contributed by atoms with Crippen LogP contribution in [-0.4, -0.2) is 12.2 Å². The number of hydrogen-bond donors (Lipinski definition) is 0. The zero-order valence-electron chi connectivity index (χ0n) is 9.42. The third kappa shape index (κ3) is 3.53. The van der Waals surface area contributed by atoms with Crippen LogP contribution in [-0.2, 0) is 4.84 Å². The molecule has 0 atom stereocenters. The number of benzene rings is 2. The predicted molar refractivity (Wildman–Crippen MR) is 73.6 cm³/mol. The maximum Gasteiger partial charge on any atom is 0.365 e. The molecule has 0 aromatic heterocycles. The van der Waals surface area contributed by atoms with Gasteiger partial charge in [-0.25, -0.2) is 4.79 Å². The Morgan fingerprint density at radius 1 is 1.11 bits per heavy atom. The van der Waals surface area contributed by atoms with Gasteiger partial charge in [0.1, 0.15) is 0 Å². The molecule has 0 aliphatic carbocycles. The molecule has 0 heterocycles. The first-order chi connectivity index (χ1) is 8.75. The second kappa shape index (κ2) is 6.12. The lowest BCUT2D eigenvalue weighted by atomic mass is 10.2. The molecule has 0 saturated heterocycles. The van der Waals surface area contributed by atoms with Gasteiger partial charge < -0.3 is 4.84 Å². The molecule has 0 fully saturated rings. The summed E-state index contributed by atoms with van der Waals surface area (Å²) in [6.07, 6.45) is 1.49. The number of nitrogens with zero attached hydrogens (tertiary/aromatic N) is 1. The molecule has 0 radical (unpaired) electrons. The number of carbonyl (C=O) groups excluding carboxylic acids is 1. The molecule has 18 heavy (non-hydrogen) atoms. The van der Waals surface area contributed by atoms with Crippen molar-refractivity contribution in [2.24, 2.45) is 5.16 Å². The standard InChI is InChI=1S/C14H10BrNO2/c15-13-8-4-5-11(9-13)10-16-18-14(17)12-6-2-1-3-7-12/h1-10H. The van der Waals surface area contributed by atoms with Crippen molar-refractivity contribution in [2.75, 3.05) is 0 Å². The zero-order valence-corrected chi connectivity index (χ0v) is 11.0. The molecule has 0 bridgehead atoms. The van der Waals surface area contributed by atoms with E-state index in [-0.39, 0.29) is 0 Å². The predicted octanol–water partition coefficient (Wildman–Crippen LogP) is 3.64. The molecule has 0 unspecified atom stereocenters. The van der Waals surface area contributed by atoms with Crippen molar-refractivity contribution < 1.29 is 9.63 Å². The second-order valence-corrected chi connectivity index (χ2v) is 4.45. The number of hydrogen-bond acceptors (Lipinski definition) is 3. The Morgan fingerprint density at radius 3 is 2.61 bits per heavy atom. The fraction of sp³-hybridized carbons (Fsp3) is 0. The van der Waals surface area contributed by atoms with E-state index in [2.05, 4.69) is 21.1 Å². The van der Waals surface area contributed by atoms with E-state index in [9.17, 15) is 4.79 Å². The first-order valence-corrected chi connectivity index (χ1v) is 6.10. The van der Waals surface area contributed by atoms with Crippen LogP contribution in [0.2, 0.25) is 0 Å². The van der Waals surface area contributed by atoms with Crippen LogP contribution in [0.5, 0.6) is 0 Å². The molecule has 0 aliphatic heterocycles. The molecule has 4 heteroatoms. The third-order valence-corrected chi connectivity index (χ3v) is 2.69. The first-order valence-electron chi connectivity index (χ1n) is 5.31. The second-order valence-electron chi connectivity index (χ2n) is 3.53. The molecule has 90 valence electrons. The lowest BCUT2D eigenvalue weighted by Gasteiger charge is -1.97. The van der Waals surface area contributed by atoms with Crippen molar-refractivity contribution in [3.63, 3.8) is 0 Å². The van der Waals surface area contributed by atoms with E-state index in [1.807, 2.05) is 30.3 Å². The van der Waals surface area contributed by atoms with E-state index in [0.29, 0.717) is 5.56 Å². The quantitative estimate of drug-likeness (QED) is 0.493. The van der Waals surface area contributed by atoms with Crippen molar-refractivity contribution in [2.45, 2.75) is 0 Å². The highest BCUT2D eigenvalue weighted by atomic mass is 79.9. The lowest BCUT2D eigenvalue weighted by Crippen LogP contribution is -2.00. The van der Waals surface area contributed by atoms with Gasteiger partial charge in [0, 0.05) is 4.47 Å². The van der Waals surface area contributed by atoms with Crippen LogP contribution in [0.25, 0.3) is 0 Å². The van der Waals surface area contributed by atoms with Gasteiger partial charge in [-0.05, 0) is 29.8 Å². The van der Waals surface area contributed by atoms with E-state index in [1.165, 1.54) is 6.21 Å². The smallest absolute Gasteiger partial charge is 0.313 e. The van der Waals surface area contributed by atoms with Crippen molar-refractivity contribution in [3.05, 3.63) is 70.2 Å². The van der Waals surface area contributed by atoms with Gasteiger partial charge >= 0.3 is 5.97 Å². The normalized spacial score (nSPS) is 10.5. The van der Waals surface area contributed by atoms with E-state index >= 15 is 0 Å². The van der Waals surface area contributed by atoms with Gasteiger partial charge in [0.25, 0.3) is 0 Å². The molecule has 2 aromatic carbocycles. The Hall–Kier alpha value is -1.94. The summed E-state index contributed by atoms with van der Waals surface area (Å²) in [7, 11) is 0. The monoisotopic (exact) mass is 303 g/mol. The van der Waals surface area contributed by atoms with Crippen LogP contribution in [0.4, 0.5) is 0 Å². The molecule has 2 rings (SSSR count). The van der Waals surface area contributed by atoms with Crippen LogP contribution in [0.3, 0.4) is 0 Å². The number of rotatable bonds is 3. The summed E-state index contributed by atoms with van der Waals surface area (Å²) >= 11 is 3.35. The van der Waals surface area contributed by atoms with Crippen molar-refractivity contribution in [3.8, 4) is 0 Å². The minimum absolute atomic E-state index is 0.471. The summed E-state index contributed by atoms with van der Waals surface area (Å²) in [4.78, 5) is 16.3. The summed E-state index contributed by atoms with van der Waals surface area (Å²) < 4.78 is 0.945. The van der Waals surface area contributed by atoms with Crippen LogP contribution < -0.4 is 0 Å². The molecule has 0 spiro atoms. The molecular formula is C14H10BrNO2. The van der Waals surface area contributed by atoms with Gasteiger partial charge in [-0.1, -0.05) is 51.4 Å². The lowest BCUT2D eigenvalue weighted by molar-refractivity contribution is 0.0519. The Labute approximate surface area is 113 Å². The van der Waals surface area contributed by atoms with E-state index in [4.69, 9.17) is 4.84 Å². The molecule has 0 amide bonds. The number of oxime groups is 1. The molecule has 3 nitrogen and oxygen atoms in total. The summed E-state index contributed by atoms with van der Waals surface area (Å²) in [5, 5.41) is 3.66. The maximum absolute atomic E-state index is 11.6. The van der Waals surface area contributed by atoms with Gasteiger partial charge in [-0.3, -0.25) is 0 Å². The van der Waals surface area contributed by atoms with Crippen LogP contribution in [0, 0.1) is 0 Å². The molecule has 0 aliphatic rings. The fourth-order valence-electron chi connectivity index (χ4n) is 1.35. The maximum atomic E-state index is 11.6. The highest BCUT2D eigenvalue weighted by Crippen LogP contribution is 2.10. The van der Waals surface area contributed by atoms with Crippen LogP contribution >= 0.6 is 15.9 Å². The van der Waals surface area contributed by atoms with Gasteiger partial charge in [-0.15, -0.1) is 0 Å². The van der Waals surface area contributed by atoms with E-state index in [1.54, 1.807) is 24.3 Å². The summed E-state index contributed by atoms with van der Waals surface area (Å²) in [6.45, 7) is 0. The number of halogens is 1. The minimum atomic E-state index is -0.471. The highest BCUT2D eigenvalue weighted by Gasteiger charge is 2.04.